The van der Waals surface area contributed by atoms with Crippen LogP contribution in [0.2, 0.25) is 0 Å². The minimum atomic E-state index is -2.87. The van der Waals surface area contributed by atoms with E-state index in [1.165, 1.54) is 18.3 Å². The van der Waals surface area contributed by atoms with Crippen molar-refractivity contribution in [1.82, 2.24) is 4.98 Å². The summed E-state index contributed by atoms with van der Waals surface area (Å²) in [7, 11) is 0. The second-order valence-electron chi connectivity index (χ2n) is 4.49. The maximum absolute atomic E-state index is 12.1. The maximum atomic E-state index is 12.1. The summed E-state index contributed by atoms with van der Waals surface area (Å²) in [6.07, 6.45) is 1.17. The van der Waals surface area contributed by atoms with Crippen molar-refractivity contribution < 1.29 is 18.4 Å². The highest BCUT2D eigenvalue weighted by molar-refractivity contribution is 5.47. The van der Waals surface area contributed by atoms with E-state index in [0.29, 0.717) is 17.9 Å². The normalized spacial score (nSPS) is 10.5. The van der Waals surface area contributed by atoms with Gasteiger partial charge in [0.25, 0.3) is 5.69 Å². The van der Waals surface area contributed by atoms with Gasteiger partial charge in [0, 0.05) is 12.1 Å². The van der Waals surface area contributed by atoms with E-state index in [-0.39, 0.29) is 11.4 Å². The number of halogens is 2. The van der Waals surface area contributed by atoms with Gasteiger partial charge in [-0.15, -0.1) is 0 Å². The average molecular weight is 309 g/mol. The van der Waals surface area contributed by atoms with Gasteiger partial charge >= 0.3 is 6.61 Å². The third-order valence-electron chi connectivity index (χ3n) is 2.88. The molecule has 0 aliphatic carbocycles. The van der Waals surface area contributed by atoms with E-state index in [4.69, 9.17) is 0 Å². The number of nitrogens with zero attached hydrogens (tertiary/aromatic N) is 2. The zero-order valence-electron chi connectivity index (χ0n) is 11.6. The quantitative estimate of drug-likeness (QED) is 0.652. The molecule has 22 heavy (non-hydrogen) atoms. The Bertz CT molecular complexity index is 680. The van der Waals surface area contributed by atoms with Crippen LogP contribution in [-0.4, -0.2) is 16.5 Å². The lowest BCUT2D eigenvalue weighted by atomic mass is 10.2. The van der Waals surface area contributed by atoms with Crippen molar-refractivity contribution in [3.05, 3.63) is 57.8 Å². The van der Waals surface area contributed by atoms with Crippen LogP contribution in [0, 0.1) is 17.0 Å². The Hall–Kier alpha value is -2.77. The first-order valence-corrected chi connectivity index (χ1v) is 6.34. The van der Waals surface area contributed by atoms with E-state index >= 15 is 0 Å². The number of ether oxygens (including phenoxy) is 1. The van der Waals surface area contributed by atoms with Crippen LogP contribution in [0.5, 0.6) is 5.75 Å². The molecule has 0 unspecified atom stereocenters. The summed E-state index contributed by atoms with van der Waals surface area (Å²) in [5.74, 6) is 0.533. The molecule has 1 aromatic carbocycles. The monoisotopic (exact) mass is 309 g/mol. The smallest absolute Gasteiger partial charge is 0.387 e. The minimum Gasteiger partial charge on any atom is -0.435 e. The van der Waals surface area contributed by atoms with Crippen LogP contribution >= 0.6 is 0 Å². The minimum absolute atomic E-state index is 0.0575. The lowest BCUT2D eigenvalue weighted by Crippen LogP contribution is -2.05. The molecule has 0 saturated carbocycles. The van der Waals surface area contributed by atoms with Gasteiger partial charge in [0.15, 0.2) is 0 Å². The van der Waals surface area contributed by atoms with Crippen LogP contribution < -0.4 is 10.1 Å². The molecule has 6 nitrogen and oxygen atoms in total. The zero-order chi connectivity index (χ0) is 16.1. The molecule has 0 fully saturated rings. The number of nitrogens with one attached hydrogen (secondary N) is 1. The number of hydrogen-bond acceptors (Lipinski definition) is 5. The van der Waals surface area contributed by atoms with E-state index in [1.807, 2.05) is 0 Å². The number of rotatable bonds is 6. The van der Waals surface area contributed by atoms with E-state index in [9.17, 15) is 18.9 Å². The average Bonchev–Trinajstić information content (AvgIpc) is 2.44. The highest BCUT2D eigenvalue weighted by Crippen LogP contribution is 2.20. The lowest BCUT2D eigenvalue weighted by Gasteiger charge is -2.09. The highest BCUT2D eigenvalue weighted by atomic mass is 19.3. The van der Waals surface area contributed by atoms with Crippen LogP contribution in [0.25, 0.3) is 0 Å². The fraction of sp³-hybridized carbons (Fsp3) is 0.214. The van der Waals surface area contributed by atoms with E-state index in [2.05, 4.69) is 15.0 Å². The van der Waals surface area contributed by atoms with Gasteiger partial charge in [0.1, 0.15) is 17.8 Å². The van der Waals surface area contributed by atoms with Gasteiger partial charge < -0.3 is 10.1 Å². The second-order valence-corrected chi connectivity index (χ2v) is 4.49. The Balaban J connectivity index is 2.04. The van der Waals surface area contributed by atoms with Crippen molar-refractivity contribution in [3.8, 4) is 5.75 Å². The first-order chi connectivity index (χ1) is 10.5. The summed E-state index contributed by atoms with van der Waals surface area (Å²) in [6, 6.07) is 7.81. The van der Waals surface area contributed by atoms with E-state index in [0.717, 1.165) is 5.56 Å². The Morgan fingerprint density at radius 2 is 2.18 bits per heavy atom. The molecule has 0 spiro atoms. The summed E-state index contributed by atoms with van der Waals surface area (Å²) in [5, 5.41) is 13.7. The summed E-state index contributed by atoms with van der Waals surface area (Å²) >= 11 is 0. The molecule has 0 bridgehead atoms. The van der Waals surface area contributed by atoms with Crippen molar-refractivity contribution in [2.45, 2.75) is 20.1 Å². The van der Waals surface area contributed by atoms with E-state index < -0.39 is 11.5 Å². The lowest BCUT2D eigenvalue weighted by molar-refractivity contribution is -0.385. The topological polar surface area (TPSA) is 77.3 Å². The van der Waals surface area contributed by atoms with Crippen molar-refractivity contribution in [2.75, 3.05) is 5.32 Å². The van der Waals surface area contributed by atoms with Gasteiger partial charge in [-0.1, -0.05) is 12.1 Å². The Kier molecular flexibility index (Phi) is 4.82. The maximum Gasteiger partial charge on any atom is 0.387 e. The Labute approximate surface area is 124 Å². The first kappa shape index (κ1) is 15.6. The number of aryl methyl sites for hydroxylation is 1. The number of aromatic nitrogens is 1. The van der Waals surface area contributed by atoms with Crippen molar-refractivity contribution in [1.29, 1.82) is 0 Å². The van der Waals surface area contributed by atoms with Gasteiger partial charge in [0.2, 0.25) is 0 Å². The fourth-order valence-corrected chi connectivity index (χ4v) is 1.86. The highest BCUT2D eigenvalue weighted by Gasteiger charge is 2.11. The number of pyridine rings is 1. The van der Waals surface area contributed by atoms with Gasteiger partial charge in [-0.2, -0.15) is 8.78 Å². The van der Waals surface area contributed by atoms with Crippen molar-refractivity contribution in [3.63, 3.8) is 0 Å². The van der Waals surface area contributed by atoms with Gasteiger partial charge in [0.05, 0.1) is 4.92 Å². The molecule has 1 N–H and O–H groups in total. The summed E-state index contributed by atoms with van der Waals surface area (Å²) in [4.78, 5) is 14.1. The number of nitro groups is 1. The Morgan fingerprint density at radius 3 is 2.82 bits per heavy atom. The van der Waals surface area contributed by atoms with Crippen LogP contribution in [0.1, 0.15) is 11.1 Å². The number of anilines is 1. The first-order valence-electron chi connectivity index (χ1n) is 6.34. The van der Waals surface area contributed by atoms with Crippen molar-refractivity contribution >= 4 is 11.5 Å². The Morgan fingerprint density at radius 1 is 1.41 bits per heavy atom. The molecule has 1 aromatic heterocycles. The van der Waals surface area contributed by atoms with Crippen molar-refractivity contribution in [2.24, 2.45) is 0 Å². The molecule has 1 heterocycles. The second kappa shape index (κ2) is 6.79. The summed E-state index contributed by atoms with van der Waals surface area (Å²) in [5.41, 5.74) is 1.14. The molecule has 0 saturated heterocycles. The molecule has 116 valence electrons. The van der Waals surface area contributed by atoms with Crippen LogP contribution in [0.4, 0.5) is 20.3 Å². The van der Waals surface area contributed by atoms with Gasteiger partial charge in [-0.25, -0.2) is 4.98 Å². The molecule has 0 aliphatic heterocycles. The largest absolute Gasteiger partial charge is 0.435 e. The molecule has 0 radical (unpaired) electrons. The number of benzene rings is 1. The zero-order valence-corrected chi connectivity index (χ0v) is 11.6. The molecule has 8 heteroatoms. The molecular weight excluding hydrogens is 296 g/mol. The van der Waals surface area contributed by atoms with Crippen LogP contribution in [-0.2, 0) is 6.54 Å². The molecule has 2 aromatic rings. The predicted molar refractivity (Wildman–Crippen MR) is 76.0 cm³/mol. The molecule has 0 amide bonds. The third-order valence-corrected chi connectivity index (χ3v) is 2.88. The molecule has 0 atom stereocenters. The fourth-order valence-electron chi connectivity index (χ4n) is 1.86. The SMILES string of the molecule is Cc1cc(NCc2cccc(OC(F)F)c2)ncc1[N+](=O)[O-]. The molecule has 0 aliphatic rings. The summed E-state index contributed by atoms with van der Waals surface area (Å²) in [6.45, 7) is -0.936. The van der Waals surface area contributed by atoms with Gasteiger partial charge in [-0.05, 0) is 30.7 Å². The third kappa shape index (κ3) is 4.11. The van der Waals surface area contributed by atoms with Crippen LogP contribution in [0.15, 0.2) is 36.5 Å². The van der Waals surface area contributed by atoms with Crippen LogP contribution in [0.3, 0.4) is 0 Å². The van der Waals surface area contributed by atoms with E-state index in [1.54, 1.807) is 25.1 Å². The predicted octanol–water partition coefficient (Wildman–Crippen LogP) is 3.51. The molecular formula is C14H13F2N3O3. The number of hydrogen-bond donors (Lipinski definition) is 1. The number of alkyl halides is 2. The summed E-state index contributed by atoms with van der Waals surface area (Å²) < 4.78 is 28.6. The molecule has 2 rings (SSSR count). The standard InChI is InChI=1S/C14H13F2N3O3/c1-9-5-13(18-8-12(9)19(20)21)17-7-10-3-2-4-11(6-10)22-14(15)16/h2-6,8,14H,7H2,1H3,(H,17,18). The van der Waals surface area contributed by atoms with Gasteiger partial charge in [-0.3, -0.25) is 10.1 Å².